The molecule has 2 N–H and O–H groups in total. The molecule has 0 radical (unpaired) electrons. The Morgan fingerprint density at radius 2 is 2.00 bits per heavy atom. The number of aromatic nitrogens is 3. The summed E-state index contributed by atoms with van der Waals surface area (Å²) in [5.74, 6) is 0.0264. The zero-order valence-corrected chi connectivity index (χ0v) is 17.7. The van der Waals surface area contributed by atoms with Gasteiger partial charge in [0.25, 0.3) is 5.91 Å². The molecule has 1 amide bonds. The van der Waals surface area contributed by atoms with Crippen LogP contribution in [0.4, 0.5) is 0 Å². The number of rotatable bonds is 6. The molecule has 3 aromatic heterocycles. The first kappa shape index (κ1) is 20.5. The number of hydrogen-bond donors (Lipinski definition) is 2. The van der Waals surface area contributed by atoms with Crippen LogP contribution in [0.25, 0.3) is 5.82 Å². The van der Waals surface area contributed by atoms with Crippen LogP contribution in [-0.2, 0) is 16.6 Å². The van der Waals surface area contributed by atoms with Crippen LogP contribution in [0, 0.1) is 13.8 Å². The van der Waals surface area contributed by atoms with Gasteiger partial charge in [0.05, 0.1) is 17.3 Å². The average molecular weight is 440 g/mol. The molecule has 3 rings (SSSR count). The Hall–Kier alpha value is -2.27. The van der Waals surface area contributed by atoms with Crippen LogP contribution in [-0.4, -0.2) is 36.1 Å². The highest BCUT2D eigenvalue weighted by atomic mass is 35.5. The van der Waals surface area contributed by atoms with Gasteiger partial charge in [0, 0.05) is 10.6 Å². The van der Waals surface area contributed by atoms with Crippen molar-refractivity contribution in [3.05, 3.63) is 57.3 Å². The second-order valence-corrected chi connectivity index (χ2v) is 9.64. The van der Waals surface area contributed by atoms with Gasteiger partial charge >= 0.3 is 0 Å². The summed E-state index contributed by atoms with van der Waals surface area (Å²) in [6.45, 7) is 3.92. The molecule has 11 heteroatoms. The van der Waals surface area contributed by atoms with E-state index in [-0.39, 0.29) is 21.5 Å². The summed E-state index contributed by atoms with van der Waals surface area (Å²) in [5.41, 5.74) is 1.80. The predicted molar refractivity (Wildman–Crippen MR) is 108 cm³/mol. The first-order valence-electron chi connectivity index (χ1n) is 8.22. The third-order valence-electron chi connectivity index (χ3n) is 3.87. The Morgan fingerprint density at radius 3 is 2.64 bits per heavy atom. The van der Waals surface area contributed by atoms with Gasteiger partial charge in [-0.3, -0.25) is 4.79 Å². The topological polar surface area (TPSA) is 106 Å². The maximum absolute atomic E-state index is 12.6. The molecule has 3 heterocycles. The molecule has 0 aliphatic carbocycles. The van der Waals surface area contributed by atoms with E-state index < -0.39 is 15.9 Å². The van der Waals surface area contributed by atoms with Crippen LogP contribution in [0.5, 0.6) is 0 Å². The number of sulfonamides is 1. The third-order valence-corrected chi connectivity index (χ3v) is 7.16. The van der Waals surface area contributed by atoms with Gasteiger partial charge in [0.15, 0.2) is 5.82 Å². The molecular weight excluding hydrogens is 422 g/mol. The summed E-state index contributed by atoms with van der Waals surface area (Å²) < 4.78 is 27.7. The number of aryl methyl sites for hydroxylation is 2. The summed E-state index contributed by atoms with van der Waals surface area (Å²) >= 11 is 7.23. The molecular formula is C17H18ClN5O3S2. The smallest absolute Gasteiger partial charge is 0.271 e. The molecule has 148 valence electrons. The van der Waals surface area contributed by atoms with Crippen molar-refractivity contribution in [1.29, 1.82) is 0 Å². The van der Waals surface area contributed by atoms with Crippen molar-refractivity contribution in [2.45, 2.75) is 24.6 Å². The molecule has 28 heavy (non-hydrogen) atoms. The van der Waals surface area contributed by atoms with E-state index in [2.05, 4.69) is 20.1 Å². The zero-order chi connectivity index (χ0) is 20.5. The molecule has 0 aliphatic heterocycles. The monoisotopic (exact) mass is 439 g/mol. The van der Waals surface area contributed by atoms with Gasteiger partial charge in [0.2, 0.25) is 10.0 Å². The number of hydrogen-bond acceptors (Lipinski definition) is 6. The summed E-state index contributed by atoms with van der Waals surface area (Å²) in [6, 6.07) is 8.33. The fourth-order valence-corrected chi connectivity index (χ4v) is 4.84. The van der Waals surface area contributed by atoms with Crippen LogP contribution in [0.3, 0.4) is 0 Å². The van der Waals surface area contributed by atoms with E-state index in [1.807, 2.05) is 19.9 Å². The van der Waals surface area contributed by atoms with E-state index in [9.17, 15) is 13.2 Å². The number of nitrogens with zero attached hydrogens (tertiary/aromatic N) is 3. The standard InChI is InChI=1S/C17H18ClN5O3S2/c1-10-8-11(2)23(22-10)14-6-5-13(18)16(21-14)17(24)20-9-12-4-7-15(27-12)28(25,26)19-3/h4-8,19H,9H2,1-3H3,(H,20,24). The minimum absolute atomic E-state index is 0.0753. The number of halogens is 1. The normalized spacial score (nSPS) is 11.6. The molecule has 0 bridgehead atoms. The Balaban J connectivity index is 1.78. The molecule has 0 saturated heterocycles. The van der Waals surface area contributed by atoms with E-state index in [0.29, 0.717) is 10.7 Å². The molecule has 0 aliphatic rings. The van der Waals surface area contributed by atoms with Crippen molar-refractivity contribution in [3.8, 4) is 5.82 Å². The number of amides is 1. The molecule has 0 fully saturated rings. The fraction of sp³-hybridized carbons (Fsp3) is 0.235. The van der Waals surface area contributed by atoms with Crippen molar-refractivity contribution in [3.63, 3.8) is 0 Å². The summed E-state index contributed by atoms with van der Waals surface area (Å²) in [7, 11) is -2.15. The van der Waals surface area contributed by atoms with Crippen molar-refractivity contribution in [2.24, 2.45) is 0 Å². The van der Waals surface area contributed by atoms with E-state index >= 15 is 0 Å². The van der Waals surface area contributed by atoms with Crippen molar-refractivity contribution in [1.82, 2.24) is 24.8 Å². The minimum Gasteiger partial charge on any atom is -0.346 e. The van der Waals surface area contributed by atoms with Crippen LogP contribution in [0.15, 0.2) is 34.5 Å². The van der Waals surface area contributed by atoms with Gasteiger partial charge < -0.3 is 5.32 Å². The van der Waals surface area contributed by atoms with Gasteiger partial charge in [-0.05, 0) is 51.2 Å². The molecule has 0 spiro atoms. The van der Waals surface area contributed by atoms with Crippen molar-refractivity contribution in [2.75, 3.05) is 7.05 Å². The molecule has 0 atom stereocenters. The van der Waals surface area contributed by atoms with Crippen LogP contribution < -0.4 is 10.0 Å². The zero-order valence-electron chi connectivity index (χ0n) is 15.4. The van der Waals surface area contributed by atoms with E-state index in [1.54, 1.807) is 22.9 Å². The number of pyridine rings is 1. The lowest BCUT2D eigenvalue weighted by molar-refractivity contribution is 0.0946. The summed E-state index contributed by atoms with van der Waals surface area (Å²) in [6.07, 6.45) is 0. The van der Waals surface area contributed by atoms with Gasteiger partial charge in [0.1, 0.15) is 9.90 Å². The number of nitrogens with one attached hydrogen (secondary N) is 2. The van der Waals surface area contributed by atoms with Gasteiger partial charge in [-0.2, -0.15) is 5.10 Å². The second kappa shape index (κ2) is 8.00. The Labute approximate surface area is 171 Å². The van der Waals surface area contributed by atoms with E-state index in [0.717, 1.165) is 22.7 Å². The first-order chi connectivity index (χ1) is 13.2. The highest BCUT2D eigenvalue weighted by Gasteiger charge is 2.17. The molecule has 0 saturated carbocycles. The van der Waals surface area contributed by atoms with Gasteiger partial charge in [-0.15, -0.1) is 11.3 Å². The third kappa shape index (κ3) is 4.25. The predicted octanol–water partition coefficient (Wildman–Crippen LogP) is 2.44. The molecule has 0 unspecified atom stereocenters. The second-order valence-electron chi connectivity index (χ2n) is 5.95. The van der Waals surface area contributed by atoms with Crippen LogP contribution in [0.1, 0.15) is 26.8 Å². The summed E-state index contributed by atoms with van der Waals surface area (Å²) in [5, 5.41) is 7.29. The average Bonchev–Trinajstić information content (AvgIpc) is 3.27. The molecule has 0 aromatic carbocycles. The maximum Gasteiger partial charge on any atom is 0.271 e. The quantitative estimate of drug-likeness (QED) is 0.613. The van der Waals surface area contributed by atoms with E-state index in [1.165, 1.54) is 13.1 Å². The van der Waals surface area contributed by atoms with Crippen molar-refractivity contribution >= 4 is 38.9 Å². The Kier molecular flexibility index (Phi) is 5.84. The highest BCUT2D eigenvalue weighted by molar-refractivity contribution is 7.91. The molecule has 3 aromatic rings. The molecule has 8 nitrogen and oxygen atoms in total. The number of carbonyl (C=O) groups is 1. The van der Waals surface area contributed by atoms with Gasteiger partial charge in [-0.1, -0.05) is 11.6 Å². The van der Waals surface area contributed by atoms with E-state index in [4.69, 9.17) is 11.6 Å². The largest absolute Gasteiger partial charge is 0.346 e. The summed E-state index contributed by atoms with van der Waals surface area (Å²) in [4.78, 5) is 17.6. The van der Waals surface area contributed by atoms with Crippen LogP contribution >= 0.6 is 22.9 Å². The lowest BCUT2D eigenvalue weighted by Gasteiger charge is -2.08. The Bertz CT molecular complexity index is 1140. The number of carbonyl (C=O) groups excluding carboxylic acids is 1. The highest BCUT2D eigenvalue weighted by Crippen LogP contribution is 2.22. The lowest BCUT2D eigenvalue weighted by atomic mass is 10.3. The van der Waals surface area contributed by atoms with Crippen molar-refractivity contribution < 1.29 is 13.2 Å². The lowest BCUT2D eigenvalue weighted by Crippen LogP contribution is -2.24. The minimum atomic E-state index is -3.50. The first-order valence-corrected chi connectivity index (χ1v) is 10.9. The SMILES string of the molecule is CNS(=O)(=O)c1ccc(CNC(=O)c2nc(-n3nc(C)cc3C)ccc2Cl)s1. The maximum atomic E-state index is 12.6. The Morgan fingerprint density at radius 1 is 1.25 bits per heavy atom. The fourth-order valence-electron chi connectivity index (χ4n) is 2.52. The van der Waals surface area contributed by atoms with Crippen LogP contribution in [0.2, 0.25) is 5.02 Å². The van der Waals surface area contributed by atoms with Gasteiger partial charge in [-0.25, -0.2) is 22.8 Å². The number of thiophene rings is 1.